The number of nitrogens with two attached hydrogens (primary N) is 1. The van der Waals surface area contributed by atoms with Crippen LogP contribution in [-0.2, 0) is 20.9 Å². The fraction of sp³-hybridized carbons (Fsp3) is 0.308. The number of thioether (sulfide) groups is 1. The lowest BCUT2D eigenvalue weighted by molar-refractivity contribution is -0.116. The quantitative estimate of drug-likeness (QED) is 0.0331. The third-order valence-electron chi connectivity index (χ3n) is 8.24. The van der Waals surface area contributed by atoms with Gasteiger partial charge in [0.1, 0.15) is 10.6 Å². The molecule has 6 rings (SSSR count). The van der Waals surface area contributed by atoms with Crippen LogP contribution in [0.3, 0.4) is 0 Å². The van der Waals surface area contributed by atoms with Gasteiger partial charge < -0.3 is 31.4 Å². The maximum absolute atomic E-state index is 13.5. The van der Waals surface area contributed by atoms with Crippen LogP contribution in [0.4, 0.5) is 5.82 Å². The van der Waals surface area contributed by atoms with Crippen LogP contribution in [0, 0.1) is 42.3 Å². The Morgan fingerprint density at radius 2 is 1.78 bits per heavy atom. The van der Waals surface area contributed by atoms with E-state index in [9.17, 15) is 14.4 Å². The van der Waals surface area contributed by atoms with E-state index in [0.29, 0.717) is 68.9 Å². The van der Waals surface area contributed by atoms with Gasteiger partial charge in [0.25, 0.3) is 17.4 Å². The zero-order valence-corrected chi connectivity index (χ0v) is 34.4. The summed E-state index contributed by atoms with van der Waals surface area (Å²) in [5, 5.41) is 18.2. The molecule has 19 heteroatoms. The monoisotopic (exact) mass is 836 g/mol. The molecule has 0 aliphatic heterocycles. The predicted octanol–water partition coefficient (Wildman–Crippen LogP) is 3.23. The number of fused-ring (bicyclic) bond motifs is 2. The van der Waals surface area contributed by atoms with Gasteiger partial charge in [-0.2, -0.15) is 0 Å². The summed E-state index contributed by atoms with van der Waals surface area (Å²) in [6.45, 7) is 8.14. The van der Waals surface area contributed by atoms with Gasteiger partial charge in [0.15, 0.2) is 26.9 Å². The standard InChI is InChI=1S/C39H40N12O4S3/c1-4-21-57-38-45-34(44-16-14-40)33-35(46-38)50(49-48-33)23-27-7-5-26(6-8-27)9-11-30(52)42-17-19-55-20-18-43-31(53)12-10-28-25(3)58-36-32(28)37(54)51(39(56)47-36)29-22-24(2)13-15-41-29/h5-8,13,15,22H,4,14,16-21,23,40H2,1-3H3,(H,42,52)(H,43,53)(H,47,56)(H,44,45,46). The van der Waals surface area contributed by atoms with Gasteiger partial charge in [-0.05, 0) is 67.9 Å². The molecule has 5 aromatic heterocycles. The normalized spacial score (nSPS) is 10.8. The molecule has 58 heavy (non-hydrogen) atoms. The van der Waals surface area contributed by atoms with E-state index in [1.165, 1.54) is 15.9 Å². The predicted molar refractivity (Wildman–Crippen MR) is 228 cm³/mol. The molecule has 298 valence electrons. The van der Waals surface area contributed by atoms with E-state index < -0.39 is 11.8 Å². The lowest BCUT2D eigenvalue weighted by Gasteiger charge is -2.08. The van der Waals surface area contributed by atoms with Gasteiger partial charge in [-0.25, -0.2) is 24.2 Å². The van der Waals surface area contributed by atoms with Crippen molar-refractivity contribution in [2.24, 2.45) is 5.73 Å². The second-order valence-corrected chi connectivity index (χ2v) is 15.3. The van der Waals surface area contributed by atoms with Crippen molar-refractivity contribution in [3.05, 3.63) is 84.9 Å². The Kier molecular flexibility index (Phi) is 14.3. The molecule has 0 unspecified atom stereocenters. The van der Waals surface area contributed by atoms with Crippen LogP contribution >= 0.6 is 35.3 Å². The first kappa shape index (κ1) is 41.7. The SMILES string of the molecule is CCCSc1nc(NCCN)c2nnn(Cc3ccc(C#CC(=O)NCCOCCNC(=O)C#Cc4c(C)sc5[nH]c(=S)n(-c6cc(C)ccn6)c(=O)c45)cc3)c2n1. The van der Waals surface area contributed by atoms with Gasteiger partial charge in [0.05, 0.1) is 30.7 Å². The van der Waals surface area contributed by atoms with Crippen molar-refractivity contribution in [1.82, 2.24) is 50.1 Å². The lowest BCUT2D eigenvalue weighted by atomic mass is 10.1. The van der Waals surface area contributed by atoms with E-state index in [1.54, 1.807) is 28.7 Å². The molecule has 1 aromatic carbocycles. The van der Waals surface area contributed by atoms with E-state index >= 15 is 0 Å². The molecule has 6 N–H and O–H groups in total. The van der Waals surface area contributed by atoms with Crippen molar-refractivity contribution in [3.63, 3.8) is 0 Å². The van der Waals surface area contributed by atoms with Crippen LogP contribution in [-0.4, -0.2) is 96.5 Å². The zero-order valence-electron chi connectivity index (χ0n) is 32.0. The highest BCUT2D eigenvalue weighted by molar-refractivity contribution is 7.99. The van der Waals surface area contributed by atoms with E-state index in [0.717, 1.165) is 28.2 Å². The number of H-pyrrole nitrogens is 1. The Labute approximate surface area is 346 Å². The summed E-state index contributed by atoms with van der Waals surface area (Å²) in [5.74, 6) is 11.8. The number of aryl methyl sites for hydroxylation is 2. The molecule has 0 saturated heterocycles. The molecular formula is C39H40N12O4S3. The van der Waals surface area contributed by atoms with Gasteiger partial charge in [-0.3, -0.25) is 14.4 Å². The number of nitrogens with zero attached hydrogens (tertiary/aromatic N) is 7. The van der Waals surface area contributed by atoms with Crippen LogP contribution in [0.25, 0.3) is 27.2 Å². The fourth-order valence-electron chi connectivity index (χ4n) is 5.49. The van der Waals surface area contributed by atoms with Gasteiger partial charge in [0.2, 0.25) is 0 Å². The van der Waals surface area contributed by atoms with E-state index in [-0.39, 0.29) is 36.6 Å². The summed E-state index contributed by atoms with van der Waals surface area (Å²) in [7, 11) is 0. The number of anilines is 1. The highest BCUT2D eigenvalue weighted by Crippen LogP contribution is 2.27. The van der Waals surface area contributed by atoms with Crippen molar-refractivity contribution < 1.29 is 14.3 Å². The molecule has 2 amide bonds. The average molecular weight is 837 g/mol. The van der Waals surface area contributed by atoms with Crippen molar-refractivity contribution in [3.8, 4) is 29.5 Å². The number of thiophene rings is 1. The van der Waals surface area contributed by atoms with Gasteiger partial charge in [-0.15, -0.1) is 16.4 Å². The van der Waals surface area contributed by atoms with Crippen LogP contribution < -0.4 is 27.2 Å². The molecule has 0 bridgehead atoms. The number of carbonyl (C=O) groups excluding carboxylic acids is 2. The van der Waals surface area contributed by atoms with Crippen molar-refractivity contribution in [1.29, 1.82) is 0 Å². The number of rotatable bonds is 15. The second kappa shape index (κ2) is 19.9. The van der Waals surface area contributed by atoms with Gasteiger partial charge >= 0.3 is 0 Å². The molecule has 16 nitrogen and oxygen atoms in total. The number of aromatic nitrogens is 8. The van der Waals surface area contributed by atoms with Crippen LogP contribution in [0.2, 0.25) is 0 Å². The van der Waals surface area contributed by atoms with Crippen LogP contribution in [0.5, 0.6) is 0 Å². The number of aromatic amines is 1. The number of benzene rings is 1. The van der Waals surface area contributed by atoms with Crippen molar-refractivity contribution in [2.75, 3.05) is 50.5 Å². The summed E-state index contributed by atoms with van der Waals surface area (Å²) in [6, 6.07) is 11.1. The molecule has 5 heterocycles. The number of hydrogen-bond donors (Lipinski definition) is 5. The number of pyridine rings is 1. The summed E-state index contributed by atoms with van der Waals surface area (Å²) < 4.78 is 8.81. The number of nitrogens with one attached hydrogen (secondary N) is 4. The molecule has 6 aromatic rings. The van der Waals surface area contributed by atoms with Gasteiger partial charge in [0, 0.05) is 60.4 Å². The molecule has 0 atom stereocenters. The molecule has 0 saturated carbocycles. The molecule has 0 aliphatic carbocycles. The highest BCUT2D eigenvalue weighted by atomic mass is 32.2. The maximum atomic E-state index is 13.5. The second-order valence-electron chi connectivity index (χ2n) is 12.7. The Morgan fingerprint density at radius 1 is 1.03 bits per heavy atom. The van der Waals surface area contributed by atoms with E-state index in [2.05, 4.69) is 71.8 Å². The first-order valence-electron chi connectivity index (χ1n) is 18.3. The number of hydrogen-bond acceptors (Lipinski definition) is 14. The van der Waals surface area contributed by atoms with Crippen LogP contribution in [0.1, 0.15) is 40.5 Å². The Hall–Kier alpha value is -5.96. The minimum absolute atomic E-state index is 0.201. The fourth-order valence-corrected chi connectivity index (χ4v) is 7.52. The first-order chi connectivity index (χ1) is 28.1. The highest BCUT2D eigenvalue weighted by Gasteiger charge is 2.17. The van der Waals surface area contributed by atoms with Gasteiger partial charge in [-0.1, -0.05) is 47.9 Å². The summed E-state index contributed by atoms with van der Waals surface area (Å²) in [6.07, 6.45) is 2.61. The van der Waals surface area contributed by atoms with Crippen LogP contribution in [0.15, 0.2) is 52.5 Å². The molecular weight excluding hydrogens is 797 g/mol. The Morgan fingerprint density at radius 3 is 2.48 bits per heavy atom. The molecule has 0 fully saturated rings. The average Bonchev–Trinajstić information content (AvgIpc) is 3.76. The molecule has 0 aliphatic rings. The summed E-state index contributed by atoms with van der Waals surface area (Å²) >= 11 is 8.37. The lowest BCUT2D eigenvalue weighted by Crippen LogP contribution is -2.29. The number of ether oxygens (including phenoxy) is 1. The Bertz CT molecular complexity index is 2700. The smallest absolute Gasteiger partial charge is 0.296 e. The molecule has 0 spiro atoms. The van der Waals surface area contributed by atoms with Crippen molar-refractivity contribution >= 4 is 74.3 Å². The van der Waals surface area contributed by atoms with Crippen molar-refractivity contribution in [2.45, 2.75) is 38.9 Å². The number of carbonyl (C=O) groups is 2. The minimum Gasteiger partial charge on any atom is -0.378 e. The first-order valence-corrected chi connectivity index (χ1v) is 20.5. The third-order valence-corrected chi connectivity index (χ3v) is 10.6. The molecule has 0 radical (unpaired) electrons. The largest absolute Gasteiger partial charge is 0.378 e. The third kappa shape index (κ3) is 10.5. The summed E-state index contributed by atoms with van der Waals surface area (Å²) in [5.41, 5.74) is 9.54. The van der Waals surface area contributed by atoms with E-state index in [4.69, 9.17) is 27.7 Å². The topological polar surface area (TPSA) is 213 Å². The Balaban J connectivity index is 0.940. The number of amides is 2. The van der Waals surface area contributed by atoms with E-state index in [1.807, 2.05) is 44.2 Å². The summed E-state index contributed by atoms with van der Waals surface area (Å²) in [4.78, 5) is 56.4. The zero-order chi connectivity index (χ0) is 41.0. The maximum Gasteiger partial charge on any atom is 0.296 e. The minimum atomic E-state index is -0.522.